The van der Waals surface area contributed by atoms with Gasteiger partial charge in [-0.3, -0.25) is 0 Å². The summed E-state index contributed by atoms with van der Waals surface area (Å²) in [5.41, 5.74) is -5.14. The molecule has 12 heteroatoms. The molecule has 106 valence electrons. The van der Waals surface area contributed by atoms with E-state index in [0.717, 1.165) is 0 Å². The Morgan fingerprint density at radius 1 is 1.21 bits per heavy atom. The number of rotatable bonds is 2. The average molecular weight is 293 g/mol. The van der Waals surface area contributed by atoms with E-state index in [1.807, 2.05) is 0 Å². The van der Waals surface area contributed by atoms with E-state index in [2.05, 4.69) is 4.65 Å². The monoisotopic (exact) mass is 293 g/mol. The van der Waals surface area contributed by atoms with E-state index in [4.69, 9.17) is 15.3 Å². The van der Waals surface area contributed by atoms with E-state index < -0.39 is 42.6 Å². The van der Waals surface area contributed by atoms with E-state index >= 15 is 0 Å². The van der Waals surface area contributed by atoms with Crippen LogP contribution in [0.1, 0.15) is 0 Å². The second kappa shape index (κ2) is 4.36. The van der Waals surface area contributed by atoms with Gasteiger partial charge in [0.2, 0.25) is 12.0 Å². The van der Waals surface area contributed by atoms with Crippen LogP contribution in [0.15, 0.2) is 11.7 Å². The number of nitrogens with zero attached hydrogens (tertiary/aromatic N) is 1. The quantitative estimate of drug-likeness (QED) is 0.588. The number of halogens is 7. The van der Waals surface area contributed by atoms with Gasteiger partial charge in [0.05, 0.1) is 0 Å². The van der Waals surface area contributed by atoms with Crippen molar-refractivity contribution in [3.05, 3.63) is 11.7 Å². The minimum Gasteiger partial charge on any atom is -0.402 e. The number of nitriles is 1. The van der Waals surface area contributed by atoms with E-state index in [1.54, 1.807) is 0 Å². The molecule has 19 heavy (non-hydrogen) atoms. The highest BCUT2D eigenvalue weighted by molar-refractivity contribution is 6.32. The fourth-order valence-electron chi connectivity index (χ4n) is 1.37. The average Bonchev–Trinajstić information content (AvgIpc) is 2.32. The van der Waals surface area contributed by atoms with Crippen molar-refractivity contribution in [2.75, 3.05) is 0 Å². The minimum absolute atomic E-state index is 0.0160. The zero-order valence-electron chi connectivity index (χ0n) is 8.55. The maximum Gasteiger partial charge on any atom is 0.636 e. The first-order chi connectivity index (χ1) is 8.45. The van der Waals surface area contributed by atoms with Gasteiger partial charge in [0, 0.05) is 0 Å². The Kier molecular flexibility index (Phi) is 3.61. The van der Waals surface area contributed by atoms with Gasteiger partial charge in [-0.15, -0.1) is 0 Å². The molecule has 0 amide bonds. The van der Waals surface area contributed by atoms with E-state index in [1.165, 1.54) is 0 Å². The molecule has 0 aromatic heterocycles. The highest BCUT2D eigenvalue weighted by Crippen LogP contribution is 2.56. The summed E-state index contributed by atoms with van der Waals surface area (Å²) in [6.07, 6.45) is -4.11. The fourth-order valence-corrected chi connectivity index (χ4v) is 1.37. The van der Waals surface area contributed by atoms with Gasteiger partial charge < -0.3 is 14.7 Å². The summed E-state index contributed by atoms with van der Waals surface area (Å²) in [6, 6.07) is -0.0160. The third-order valence-corrected chi connectivity index (χ3v) is 2.36. The maximum atomic E-state index is 13.6. The van der Waals surface area contributed by atoms with Crippen LogP contribution in [0.25, 0.3) is 0 Å². The zero-order chi connectivity index (χ0) is 15.2. The van der Waals surface area contributed by atoms with Gasteiger partial charge in [0.1, 0.15) is 6.07 Å². The Hall–Kier alpha value is -1.32. The Morgan fingerprint density at radius 2 is 1.68 bits per heavy atom. The van der Waals surface area contributed by atoms with Crippen molar-refractivity contribution in [2.24, 2.45) is 0 Å². The molecule has 1 rings (SSSR count). The molecule has 0 spiro atoms. The summed E-state index contributed by atoms with van der Waals surface area (Å²) >= 11 is 0. The molecule has 0 fully saturated rings. The van der Waals surface area contributed by atoms with Gasteiger partial charge in [0.25, 0.3) is 0 Å². The molecule has 0 radical (unpaired) electrons. The Bertz CT molecular complexity index is 466. The number of allylic oxidation sites excluding steroid dienone is 1. The lowest BCUT2D eigenvalue weighted by Gasteiger charge is -2.41. The first-order valence-corrected chi connectivity index (χ1v) is 4.36. The summed E-state index contributed by atoms with van der Waals surface area (Å²) in [4.78, 5) is 0. The lowest BCUT2D eigenvalue weighted by atomic mass is 9.81. The van der Waals surface area contributed by atoms with Crippen molar-refractivity contribution in [2.45, 2.75) is 23.6 Å². The smallest absolute Gasteiger partial charge is 0.402 e. The van der Waals surface area contributed by atoms with Crippen molar-refractivity contribution in [3.8, 4) is 6.07 Å². The molecule has 0 saturated carbocycles. The third-order valence-electron chi connectivity index (χ3n) is 2.36. The van der Waals surface area contributed by atoms with Gasteiger partial charge in [-0.05, 0) is 0 Å². The van der Waals surface area contributed by atoms with Gasteiger partial charge in [-0.1, -0.05) is 0 Å². The van der Waals surface area contributed by atoms with Gasteiger partial charge in [-0.25, -0.2) is 17.6 Å². The van der Waals surface area contributed by atoms with Crippen LogP contribution in [0.2, 0.25) is 0 Å². The van der Waals surface area contributed by atoms with Crippen LogP contribution >= 0.6 is 0 Å². The molecule has 1 aliphatic carbocycles. The molecule has 0 bridgehead atoms. The summed E-state index contributed by atoms with van der Waals surface area (Å²) in [5, 5.41) is 24.5. The van der Waals surface area contributed by atoms with Crippen LogP contribution in [0, 0.1) is 11.3 Å². The molecule has 0 aliphatic heterocycles. The Morgan fingerprint density at radius 3 is 2.05 bits per heavy atom. The molecule has 0 aromatic rings. The molecular weight excluding hydrogens is 290 g/mol. The molecule has 0 heterocycles. The third kappa shape index (κ3) is 1.80. The lowest BCUT2D eigenvalue weighted by Crippen LogP contribution is -2.67. The van der Waals surface area contributed by atoms with Gasteiger partial charge in [0.15, 0.2) is 5.83 Å². The van der Waals surface area contributed by atoms with Crippen LogP contribution < -0.4 is 0 Å². The number of alkyl halides is 5. The van der Waals surface area contributed by atoms with Crippen LogP contribution in [-0.2, 0) is 4.65 Å². The second-order valence-electron chi connectivity index (χ2n) is 3.46. The number of hydrogen-bond acceptors (Lipinski definition) is 4. The Balaban J connectivity index is 3.59. The summed E-state index contributed by atoms with van der Waals surface area (Å²) in [5.74, 6) is -17.5. The minimum atomic E-state index is -5.89. The van der Waals surface area contributed by atoms with Crippen LogP contribution in [0.3, 0.4) is 0 Å². The first-order valence-electron chi connectivity index (χ1n) is 4.36. The highest BCUT2D eigenvalue weighted by Gasteiger charge is 2.80. The lowest BCUT2D eigenvalue weighted by molar-refractivity contribution is -0.294. The maximum absolute atomic E-state index is 13.6. The van der Waals surface area contributed by atoms with Crippen molar-refractivity contribution in [3.63, 3.8) is 0 Å². The predicted molar refractivity (Wildman–Crippen MR) is 43.7 cm³/mol. The molecular formula is C7H3BF7NO3. The van der Waals surface area contributed by atoms with Crippen LogP contribution in [-0.4, -0.2) is 41.0 Å². The Labute approximate surface area is 100 Å². The molecule has 0 aromatic carbocycles. The molecule has 1 aliphatic rings. The van der Waals surface area contributed by atoms with E-state index in [-0.39, 0.29) is 6.07 Å². The molecule has 2 N–H and O–H groups in total. The first kappa shape index (κ1) is 15.7. The number of hydrogen-bond donors (Lipinski definition) is 2. The molecule has 4 nitrogen and oxygen atoms in total. The molecule has 3 unspecified atom stereocenters. The summed E-state index contributed by atoms with van der Waals surface area (Å²) in [7, 11) is -3.41. The van der Waals surface area contributed by atoms with E-state index in [0.29, 0.717) is 0 Å². The van der Waals surface area contributed by atoms with Crippen molar-refractivity contribution in [1.82, 2.24) is 0 Å². The van der Waals surface area contributed by atoms with E-state index in [9.17, 15) is 30.7 Å². The highest BCUT2D eigenvalue weighted by atomic mass is 19.3. The van der Waals surface area contributed by atoms with Crippen molar-refractivity contribution < 1.29 is 45.4 Å². The molecule has 3 atom stereocenters. The van der Waals surface area contributed by atoms with Gasteiger partial charge in [-0.2, -0.15) is 18.4 Å². The standard InChI is InChI=1S/C7H3BF7NO3/c9-2-3(10)5(12,1-16)7(14,15)6(13,4(2)11)19-8(17)18/h3,17-18H. The topological polar surface area (TPSA) is 73.5 Å². The predicted octanol–water partition coefficient (Wildman–Crippen LogP) is 1.01. The fraction of sp³-hybridized carbons (Fsp3) is 0.571. The molecule has 0 saturated heterocycles. The van der Waals surface area contributed by atoms with Crippen LogP contribution in [0.5, 0.6) is 0 Å². The van der Waals surface area contributed by atoms with Crippen LogP contribution in [0.4, 0.5) is 30.7 Å². The SMILES string of the molecule is N#CC1(F)C(F)C(F)=C(F)C(F)(OB(O)O)C1(F)F. The summed E-state index contributed by atoms with van der Waals surface area (Å²) < 4.78 is 95.5. The normalized spacial score (nSPS) is 38.0. The second-order valence-corrected chi connectivity index (χ2v) is 3.46. The zero-order valence-corrected chi connectivity index (χ0v) is 8.55. The van der Waals surface area contributed by atoms with Crippen molar-refractivity contribution >= 4 is 7.32 Å². The van der Waals surface area contributed by atoms with Crippen molar-refractivity contribution in [1.29, 1.82) is 5.26 Å². The largest absolute Gasteiger partial charge is 0.636 e. The van der Waals surface area contributed by atoms with Gasteiger partial charge >= 0.3 is 24.8 Å². The summed E-state index contributed by atoms with van der Waals surface area (Å²) in [6.45, 7) is 0.